The molecule has 2 rings (SSSR count). The molecule has 8 heteroatoms. The molecular formula is C21H27N3O5. The fraction of sp³-hybridized carbons (Fsp3) is 0.381. The number of aromatic nitrogens is 2. The molecule has 156 valence electrons. The number of hydrogen-bond donors (Lipinski definition) is 0. The van der Waals surface area contributed by atoms with Gasteiger partial charge < -0.3 is 9.30 Å². The van der Waals surface area contributed by atoms with Gasteiger partial charge in [0, 0.05) is 20.3 Å². The molecule has 0 spiro atoms. The number of carbonyl (C=O) groups is 1. The Morgan fingerprint density at radius 1 is 1.14 bits per heavy atom. The van der Waals surface area contributed by atoms with E-state index in [1.165, 1.54) is 24.9 Å². The number of nitrogens with zero attached hydrogens (tertiary/aromatic N) is 3. The van der Waals surface area contributed by atoms with Gasteiger partial charge in [-0.1, -0.05) is 36.9 Å². The van der Waals surface area contributed by atoms with Crippen molar-refractivity contribution in [1.82, 2.24) is 14.2 Å². The maximum atomic E-state index is 12.6. The minimum Gasteiger partial charge on any atom is -0.442 e. The third kappa shape index (κ3) is 5.92. The van der Waals surface area contributed by atoms with Gasteiger partial charge in [0.15, 0.2) is 0 Å². The molecule has 8 nitrogen and oxygen atoms in total. The Labute approximate surface area is 169 Å². The molecule has 0 atom stereocenters. The van der Waals surface area contributed by atoms with Crippen molar-refractivity contribution in [2.24, 2.45) is 14.1 Å². The monoisotopic (exact) mass is 401 g/mol. The molecule has 0 saturated heterocycles. The zero-order valence-corrected chi connectivity index (χ0v) is 17.5. The third-order valence-corrected chi connectivity index (χ3v) is 3.99. The first-order valence-electron chi connectivity index (χ1n) is 9.12. The lowest BCUT2D eigenvalue weighted by atomic mass is 10.1. The second-order valence-electron chi connectivity index (χ2n) is 7.68. The summed E-state index contributed by atoms with van der Waals surface area (Å²) in [6, 6.07) is 9.34. The Morgan fingerprint density at radius 3 is 2.34 bits per heavy atom. The number of rotatable bonds is 6. The van der Waals surface area contributed by atoms with Crippen LogP contribution in [0.15, 0.2) is 52.7 Å². The van der Waals surface area contributed by atoms with Crippen LogP contribution in [0.3, 0.4) is 0 Å². The Bertz CT molecular complexity index is 1000. The van der Waals surface area contributed by atoms with Crippen LogP contribution in [0.25, 0.3) is 5.57 Å². The van der Waals surface area contributed by atoms with Crippen LogP contribution < -0.4 is 11.2 Å². The van der Waals surface area contributed by atoms with Crippen molar-refractivity contribution >= 4 is 11.7 Å². The van der Waals surface area contributed by atoms with Crippen LogP contribution in [0.4, 0.5) is 4.79 Å². The first-order valence-corrected chi connectivity index (χ1v) is 9.12. The molecule has 1 aromatic heterocycles. The van der Waals surface area contributed by atoms with Crippen molar-refractivity contribution in [2.75, 3.05) is 6.54 Å². The third-order valence-electron chi connectivity index (χ3n) is 3.99. The predicted molar refractivity (Wildman–Crippen MR) is 110 cm³/mol. The molecule has 0 N–H and O–H groups in total. The topological polar surface area (TPSA) is 82.8 Å². The molecule has 1 aromatic carbocycles. The molecular weight excluding hydrogens is 374 g/mol. The lowest BCUT2D eigenvalue weighted by Crippen LogP contribution is -2.40. The van der Waals surface area contributed by atoms with Crippen molar-refractivity contribution in [2.45, 2.75) is 33.0 Å². The summed E-state index contributed by atoms with van der Waals surface area (Å²) in [6.07, 6.45) is 0.702. The summed E-state index contributed by atoms with van der Waals surface area (Å²) in [5, 5.41) is 1.03. The number of ether oxygens (including phenoxy) is 1. The lowest BCUT2D eigenvalue weighted by Gasteiger charge is -2.27. The summed E-state index contributed by atoms with van der Waals surface area (Å²) in [6.45, 7) is 9.19. The molecule has 0 saturated carbocycles. The molecule has 0 fully saturated rings. The summed E-state index contributed by atoms with van der Waals surface area (Å²) >= 11 is 0. The number of benzene rings is 1. The van der Waals surface area contributed by atoms with Crippen LogP contribution in [-0.2, 0) is 30.3 Å². The van der Waals surface area contributed by atoms with Crippen LogP contribution >= 0.6 is 0 Å². The second-order valence-corrected chi connectivity index (χ2v) is 7.68. The molecule has 0 aliphatic heterocycles. The summed E-state index contributed by atoms with van der Waals surface area (Å²) in [7, 11) is 2.93. The molecule has 1 heterocycles. The van der Waals surface area contributed by atoms with Gasteiger partial charge in [0.1, 0.15) is 12.2 Å². The fourth-order valence-corrected chi connectivity index (χ4v) is 2.51. The van der Waals surface area contributed by atoms with Gasteiger partial charge in [-0.2, -0.15) is 5.06 Å². The van der Waals surface area contributed by atoms with Gasteiger partial charge in [-0.05, 0) is 31.9 Å². The maximum Gasteiger partial charge on any atom is 0.434 e. The summed E-state index contributed by atoms with van der Waals surface area (Å²) < 4.78 is 7.68. The Kier molecular flexibility index (Phi) is 6.81. The number of amides is 1. The largest absolute Gasteiger partial charge is 0.442 e. The zero-order chi connectivity index (χ0) is 21.8. The van der Waals surface area contributed by atoms with E-state index in [-0.39, 0.29) is 18.7 Å². The SMILES string of the molecule is C=C(CN(OCc1ccccc1)C(=O)OC(C)(C)C)c1cn(C)c(=O)n(C)c1=O. The zero-order valence-electron chi connectivity index (χ0n) is 17.5. The van der Waals surface area contributed by atoms with Crippen molar-refractivity contribution in [3.63, 3.8) is 0 Å². The molecule has 29 heavy (non-hydrogen) atoms. The minimum atomic E-state index is -0.723. The van der Waals surface area contributed by atoms with E-state index in [4.69, 9.17) is 9.57 Å². The van der Waals surface area contributed by atoms with Crippen LogP contribution in [-0.4, -0.2) is 32.4 Å². The number of hydroxylamine groups is 2. The summed E-state index contributed by atoms with van der Waals surface area (Å²) in [5.74, 6) is 0. The van der Waals surface area contributed by atoms with E-state index in [1.54, 1.807) is 20.8 Å². The Balaban J connectivity index is 2.26. The van der Waals surface area contributed by atoms with Gasteiger partial charge >= 0.3 is 11.8 Å². The maximum absolute atomic E-state index is 12.6. The molecule has 0 unspecified atom stereocenters. The highest BCUT2D eigenvalue weighted by atomic mass is 16.7. The molecule has 1 amide bonds. The van der Waals surface area contributed by atoms with Crippen LogP contribution in [0, 0.1) is 0 Å². The van der Waals surface area contributed by atoms with Gasteiger partial charge in [0.25, 0.3) is 5.56 Å². The minimum absolute atomic E-state index is 0.102. The molecule has 0 radical (unpaired) electrons. The van der Waals surface area contributed by atoms with Crippen molar-refractivity contribution in [3.8, 4) is 0 Å². The molecule has 0 aliphatic carbocycles. The van der Waals surface area contributed by atoms with E-state index < -0.39 is 22.9 Å². The van der Waals surface area contributed by atoms with E-state index in [1.807, 2.05) is 30.3 Å². The van der Waals surface area contributed by atoms with Crippen molar-refractivity contribution in [3.05, 3.63) is 75.1 Å². The number of carbonyl (C=O) groups excluding carboxylic acids is 1. The number of aryl methyl sites for hydroxylation is 1. The summed E-state index contributed by atoms with van der Waals surface area (Å²) in [4.78, 5) is 42.6. The van der Waals surface area contributed by atoms with Crippen LogP contribution in [0.1, 0.15) is 31.9 Å². The first-order chi connectivity index (χ1) is 13.5. The standard InChI is InChI=1S/C21H27N3O5/c1-15(17-13-22(5)19(26)23(6)18(17)25)12-24(20(27)29-21(2,3)4)28-14-16-10-8-7-9-11-16/h7-11,13H,1,12,14H2,2-6H3. The highest BCUT2D eigenvalue weighted by Gasteiger charge is 2.25. The predicted octanol–water partition coefficient (Wildman–Crippen LogP) is 2.47. The highest BCUT2D eigenvalue weighted by Crippen LogP contribution is 2.15. The Hall–Kier alpha value is -3.13. The molecule has 0 aliphatic rings. The Morgan fingerprint density at radius 2 is 1.76 bits per heavy atom. The van der Waals surface area contributed by atoms with Crippen LogP contribution in [0.2, 0.25) is 0 Å². The number of hydrogen-bond acceptors (Lipinski definition) is 5. The smallest absolute Gasteiger partial charge is 0.434 e. The van der Waals surface area contributed by atoms with E-state index in [2.05, 4.69) is 6.58 Å². The fourth-order valence-electron chi connectivity index (χ4n) is 2.51. The van der Waals surface area contributed by atoms with E-state index >= 15 is 0 Å². The van der Waals surface area contributed by atoms with Gasteiger partial charge in [0.05, 0.1) is 12.1 Å². The van der Waals surface area contributed by atoms with E-state index in [0.717, 1.165) is 15.2 Å². The second kappa shape index (κ2) is 8.91. The quantitative estimate of drug-likeness (QED) is 0.695. The average molecular weight is 401 g/mol. The van der Waals surface area contributed by atoms with Crippen LogP contribution in [0.5, 0.6) is 0 Å². The highest BCUT2D eigenvalue weighted by molar-refractivity contribution is 5.72. The molecule has 0 bridgehead atoms. The first kappa shape index (κ1) is 22.2. The van der Waals surface area contributed by atoms with E-state index in [9.17, 15) is 14.4 Å². The van der Waals surface area contributed by atoms with Gasteiger partial charge in [-0.3, -0.25) is 14.2 Å². The lowest BCUT2D eigenvalue weighted by molar-refractivity contribution is -0.148. The normalized spacial score (nSPS) is 11.2. The van der Waals surface area contributed by atoms with Gasteiger partial charge in [-0.15, -0.1) is 0 Å². The molecule has 2 aromatic rings. The van der Waals surface area contributed by atoms with Crippen molar-refractivity contribution < 1.29 is 14.4 Å². The van der Waals surface area contributed by atoms with Gasteiger partial charge in [0.2, 0.25) is 0 Å². The van der Waals surface area contributed by atoms with E-state index in [0.29, 0.717) is 5.57 Å². The average Bonchev–Trinajstić information content (AvgIpc) is 2.65. The van der Waals surface area contributed by atoms with Crippen molar-refractivity contribution in [1.29, 1.82) is 0 Å². The summed E-state index contributed by atoms with van der Waals surface area (Å²) in [5.41, 5.74) is -0.267. The van der Waals surface area contributed by atoms with Gasteiger partial charge in [-0.25, -0.2) is 9.59 Å².